The van der Waals surface area contributed by atoms with Crippen molar-refractivity contribution in [2.75, 3.05) is 32.7 Å². The highest BCUT2D eigenvalue weighted by atomic mass is 16.5. The molecule has 9 heteroatoms. The lowest BCUT2D eigenvalue weighted by Gasteiger charge is -2.18. The molecule has 0 atom stereocenters. The predicted molar refractivity (Wildman–Crippen MR) is 108 cm³/mol. The highest BCUT2D eigenvalue weighted by Gasteiger charge is 2.10. The van der Waals surface area contributed by atoms with Crippen molar-refractivity contribution < 1.29 is 9.32 Å². The number of hydrogen-bond donors (Lipinski definition) is 2. The third-order valence-corrected chi connectivity index (χ3v) is 4.05. The van der Waals surface area contributed by atoms with E-state index in [-0.39, 0.29) is 5.91 Å². The molecule has 0 aliphatic heterocycles. The van der Waals surface area contributed by atoms with Gasteiger partial charge in [-0.2, -0.15) is 4.98 Å². The fraction of sp³-hybridized carbons (Fsp3) is 0.526. The first kappa shape index (κ1) is 21.3. The zero-order valence-corrected chi connectivity index (χ0v) is 16.8. The average molecular weight is 387 g/mol. The highest BCUT2D eigenvalue weighted by Crippen LogP contribution is 2.13. The van der Waals surface area contributed by atoms with Gasteiger partial charge >= 0.3 is 0 Å². The molecule has 2 rings (SSSR count). The minimum absolute atomic E-state index is 0.124. The van der Waals surface area contributed by atoms with E-state index in [0.717, 1.165) is 19.6 Å². The molecular weight excluding hydrogens is 358 g/mol. The molecule has 2 N–H and O–H groups in total. The summed E-state index contributed by atoms with van der Waals surface area (Å²) < 4.78 is 5.25. The zero-order chi connectivity index (χ0) is 20.2. The third-order valence-electron chi connectivity index (χ3n) is 4.05. The Labute approximate surface area is 165 Å². The molecular formula is C19H29N7O2. The number of aromatic nitrogens is 3. The average Bonchev–Trinajstić information content (AvgIpc) is 3.18. The number of hydrogen-bond acceptors (Lipinski definition) is 6. The minimum atomic E-state index is 0.124. The van der Waals surface area contributed by atoms with Crippen LogP contribution in [0.5, 0.6) is 0 Å². The van der Waals surface area contributed by atoms with E-state index in [1.165, 1.54) is 0 Å². The lowest BCUT2D eigenvalue weighted by Crippen LogP contribution is -2.38. The number of nitrogens with zero attached hydrogens (tertiary/aromatic N) is 5. The van der Waals surface area contributed by atoms with Crippen LogP contribution >= 0.6 is 0 Å². The van der Waals surface area contributed by atoms with Crippen molar-refractivity contribution in [1.82, 2.24) is 30.7 Å². The van der Waals surface area contributed by atoms with Crippen LogP contribution in [0.3, 0.4) is 0 Å². The summed E-state index contributed by atoms with van der Waals surface area (Å²) in [4.78, 5) is 26.9. The molecule has 0 fully saturated rings. The Bertz CT molecular complexity index is 742. The molecule has 0 radical (unpaired) electrons. The van der Waals surface area contributed by atoms with Crippen molar-refractivity contribution in [1.29, 1.82) is 0 Å². The van der Waals surface area contributed by atoms with Crippen LogP contribution in [0.4, 0.5) is 0 Å². The molecule has 0 unspecified atom stereocenters. The van der Waals surface area contributed by atoms with Crippen molar-refractivity contribution >= 4 is 11.9 Å². The van der Waals surface area contributed by atoms with E-state index in [2.05, 4.69) is 30.8 Å². The van der Waals surface area contributed by atoms with Crippen LogP contribution in [-0.4, -0.2) is 64.6 Å². The Balaban J connectivity index is 1.81. The van der Waals surface area contributed by atoms with E-state index < -0.39 is 0 Å². The molecule has 0 aliphatic carbocycles. The number of carbonyl (C=O) groups excluding carboxylic acids is 1. The van der Waals surface area contributed by atoms with Gasteiger partial charge in [0, 0.05) is 45.2 Å². The second-order valence-electron chi connectivity index (χ2n) is 5.98. The molecule has 0 spiro atoms. The van der Waals surface area contributed by atoms with Gasteiger partial charge in [0.05, 0.1) is 6.54 Å². The Morgan fingerprint density at radius 3 is 2.71 bits per heavy atom. The molecule has 1 amide bonds. The van der Waals surface area contributed by atoms with Gasteiger partial charge in [0.25, 0.3) is 5.89 Å². The first-order chi connectivity index (χ1) is 13.7. The summed E-state index contributed by atoms with van der Waals surface area (Å²) in [6, 6.07) is 5.53. The van der Waals surface area contributed by atoms with Gasteiger partial charge in [-0.15, -0.1) is 0 Å². The quantitative estimate of drug-likeness (QED) is 0.469. The highest BCUT2D eigenvalue weighted by molar-refractivity contribution is 5.80. The minimum Gasteiger partial charge on any atom is -0.357 e. The summed E-state index contributed by atoms with van der Waals surface area (Å²) in [7, 11) is 0. The van der Waals surface area contributed by atoms with Crippen LogP contribution in [0.1, 0.15) is 33.0 Å². The van der Waals surface area contributed by atoms with E-state index in [1.54, 1.807) is 6.20 Å². The second kappa shape index (κ2) is 11.7. The molecule has 9 nitrogen and oxygen atoms in total. The summed E-state index contributed by atoms with van der Waals surface area (Å²) in [6.07, 6.45) is 2.67. The summed E-state index contributed by atoms with van der Waals surface area (Å²) in [5.41, 5.74) is 0.655. The number of amides is 1. The van der Waals surface area contributed by atoms with Gasteiger partial charge in [-0.25, -0.2) is 0 Å². The van der Waals surface area contributed by atoms with Gasteiger partial charge in [-0.05, 0) is 32.9 Å². The number of aliphatic imine (C=N–C) groups is 1. The fourth-order valence-electron chi connectivity index (χ4n) is 2.58. The van der Waals surface area contributed by atoms with Crippen molar-refractivity contribution in [2.45, 2.75) is 33.6 Å². The summed E-state index contributed by atoms with van der Waals surface area (Å²) in [6.45, 7) is 9.18. The Morgan fingerprint density at radius 1 is 1.21 bits per heavy atom. The standard InChI is InChI=1S/C19H29N7O2/c1-4-20-19(23-14-11-17(27)26(5-2)6-3)22-13-10-16-24-18(28-25-16)15-9-7-8-12-21-15/h7-9,12H,4-6,10-11,13-14H2,1-3H3,(H2,20,22,23). The van der Waals surface area contributed by atoms with Gasteiger partial charge in [-0.1, -0.05) is 11.2 Å². The second-order valence-corrected chi connectivity index (χ2v) is 5.98. The molecule has 28 heavy (non-hydrogen) atoms. The normalized spacial score (nSPS) is 11.3. The molecule has 152 valence electrons. The number of guanidine groups is 1. The van der Waals surface area contributed by atoms with Gasteiger partial charge < -0.3 is 20.1 Å². The van der Waals surface area contributed by atoms with Gasteiger partial charge in [-0.3, -0.25) is 14.8 Å². The SMILES string of the molecule is CCNC(=NCCC(=O)N(CC)CC)NCCc1noc(-c2ccccn2)n1. The molecule has 0 aromatic carbocycles. The smallest absolute Gasteiger partial charge is 0.276 e. The van der Waals surface area contributed by atoms with Crippen LogP contribution in [-0.2, 0) is 11.2 Å². The van der Waals surface area contributed by atoms with E-state index in [1.807, 2.05) is 43.9 Å². The van der Waals surface area contributed by atoms with Crippen molar-refractivity contribution in [3.63, 3.8) is 0 Å². The number of rotatable bonds is 10. The van der Waals surface area contributed by atoms with Gasteiger partial charge in [0.2, 0.25) is 5.91 Å². The third kappa shape index (κ3) is 6.64. The topological polar surface area (TPSA) is 109 Å². The zero-order valence-electron chi connectivity index (χ0n) is 16.8. The number of pyridine rings is 1. The fourth-order valence-corrected chi connectivity index (χ4v) is 2.58. The van der Waals surface area contributed by atoms with E-state index in [4.69, 9.17) is 4.52 Å². The maximum absolute atomic E-state index is 12.0. The molecule has 2 heterocycles. The van der Waals surface area contributed by atoms with Gasteiger partial charge in [0.1, 0.15) is 5.69 Å². The van der Waals surface area contributed by atoms with Crippen molar-refractivity contribution in [3.05, 3.63) is 30.2 Å². The summed E-state index contributed by atoms with van der Waals surface area (Å²) in [5.74, 6) is 1.80. The van der Waals surface area contributed by atoms with Crippen molar-refractivity contribution in [3.8, 4) is 11.6 Å². The Kier molecular flexibility index (Phi) is 8.90. The lowest BCUT2D eigenvalue weighted by molar-refractivity contribution is -0.130. The predicted octanol–water partition coefficient (Wildman–Crippen LogP) is 1.49. The van der Waals surface area contributed by atoms with Crippen LogP contribution in [0, 0.1) is 0 Å². The Morgan fingerprint density at radius 2 is 2.04 bits per heavy atom. The van der Waals surface area contributed by atoms with E-state index in [0.29, 0.717) is 49.3 Å². The maximum Gasteiger partial charge on any atom is 0.276 e. The molecule has 0 saturated heterocycles. The largest absolute Gasteiger partial charge is 0.357 e. The van der Waals surface area contributed by atoms with Crippen LogP contribution in [0.25, 0.3) is 11.6 Å². The van der Waals surface area contributed by atoms with Crippen LogP contribution in [0.15, 0.2) is 33.9 Å². The summed E-state index contributed by atoms with van der Waals surface area (Å²) >= 11 is 0. The molecule has 2 aromatic heterocycles. The molecule has 2 aromatic rings. The number of nitrogens with one attached hydrogen (secondary N) is 2. The molecule has 0 aliphatic rings. The van der Waals surface area contributed by atoms with Gasteiger partial charge in [0.15, 0.2) is 11.8 Å². The van der Waals surface area contributed by atoms with E-state index >= 15 is 0 Å². The molecule has 0 saturated carbocycles. The first-order valence-electron chi connectivity index (χ1n) is 9.71. The van der Waals surface area contributed by atoms with Crippen LogP contribution < -0.4 is 10.6 Å². The number of carbonyl (C=O) groups is 1. The maximum atomic E-state index is 12.0. The van der Waals surface area contributed by atoms with Crippen molar-refractivity contribution in [2.24, 2.45) is 4.99 Å². The first-order valence-corrected chi connectivity index (χ1v) is 9.71. The Hall–Kier alpha value is -2.97. The molecule has 0 bridgehead atoms. The summed E-state index contributed by atoms with van der Waals surface area (Å²) in [5, 5.41) is 10.4. The van der Waals surface area contributed by atoms with E-state index in [9.17, 15) is 4.79 Å². The lowest BCUT2D eigenvalue weighted by atomic mass is 10.3. The van der Waals surface area contributed by atoms with Crippen LogP contribution in [0.2, 0.25) is 0 Å². The monoisotopic (exact) mass is 387 g/mol.